The Hall–Kier alpha value is -1.94. The second-order valence-electron chi connectivity index (χ2n) is 10.6. The summed E-state index contributed by atoms with van der Waals surface area (Å²) in [4.78, 5) is 3.94. The molecule has 2 aromatic carbocycles. The van der Waals surface area contributed by atoms with Crippen LogP contribution in [0, 0.1) is 5.92 Å². The highest BCUT2D eigenvalue weighted by molar-refractivity contribution is 7.99. The summed E-state index contributed by atoms with van der Waals surface area (Å²) in [7, 11) is -1.35. The molecular weight excluding hydrogens is 484 g/mol. The van der Waals surface area contributed by atoms with Crippen LogP contribution in [-0.4, -0.2) is 59.4 Å². The Labute approximate surface area is 210 Å². The zero-order chi connectivity index (χ0) is 24.5. The standard InChI is InChI=1S/C25H28N2O2S.CH4O3S/c1-26-9-8-25-7-3-2-4-19(25)21(26)14-18-17(12-15(28)13-20(18)25)16-5-6-22-23-24(16)29-27(23)10-11-30-22;1-5(2,3)4/h5-6,12-13,19,21,28H,2-4,7-11,14H2,1H3;1H3,(H,2,3,4)/t19-,21+,25+;/m0./s1. The molecule has 2 N–H and O–H groups in total. The van der Waals surface area contributed by atoms with Gasteiger partial charge in [0.05, 0.1) is 12.8 Å². The quantitative estimate of drug-likeness (QED) is 0.444. The number of benzene rings is 2. The van der Waals surface area contributed by atoms with E-state index in [0.29, 0.717) is 18.0 Å². The summed E-state index contributed by atoms with van der Waals surface area (Å²) in [5.41, 5.74) is 7.77. The molecule has 3 aromatic rings. The van der Waals surface area contributed by atoms with Crippen molar-refractivity contribution >= 4 is 33.0 Å². The molecule has 2 fully saturated rings. The van der Waals surface area contributed by atoms with Crippen LogP contribution in [0.3, 0.4) is 0 Å². The number of phenols is 1. The highest BCUT2D eigenvalue weighted by Gasteiger charge is 2.53. The number of rotatable bonds is 1. The van der Waals surface area contributed by atoms with Crippen LogP contribution < -0.4 is 0 Å². The first-order chi connectivity index (χ1) is 16.7. The van der Waals surface area contributed by atoms with Crippen molar-refractivity contribution in [1.29, 1.82) is 0 Å². The van der Waals surface area contributed by atoms with Gasteiger partial charge < -0.3 is 14.5 Å². The molecule has 9 heteroatoms. The van der Waals surface area contributed by atoms with Crippen LogP contribution in [0.15, 0.2) is 33.7 Å². The summed E-state index contributed by atoms with van der Waals surface area (Å²) in [6, 6.07) is 9.21. The molecule has 0 amide bonds. The lowest BCUT2D eigenvalue weighted by Gasteiger charge is -2.58. The normalized spacial score (nSPS) is 27.6. The predicted molar refractivity (Wildman–Crippen MR) is 138 cm³/mol. The predicted octanol–water partition coefficient (Wildman–Crippen LogP) is 4.90. The number of nitrogens with zero attached hydrogens (tertiary/aromatic N) is 2. The van der Waals surface area contributed by atoms with Crippen LogP contribution in [0.4, 0.5) is 0 Å². The number of likely N-dealkylation sites (N-methyl/N-ethyl adjacent to an activating group) is 1. The minimum atomic E-state index is -3.67. The smallest absolute Gasteiger partial charge is 0.261 e. The van der Waals surface area contributed by atoms with Crippen LogP contribution in [0.2, 0.25) is 0 Å². The third-order valence-electron chi connectivity index (χ3n) is 8.61. The molecule has 1 aromatic heterocycles. The van der Waals surface area contributed by atoms with Crippen LogP contribution in [0.25, 0.3) is 22.2 Å². The Balaban J connectivity index is 0.000000419. The Morgan fingerprint density at radius 1 is 1.14 bits per heavy atom. The van der Waals surface area contributed by atoms with E-state index in [1.165, 1.54) is 65.8 Å². The minimum absolute atomic E-state index is 0.248. The van der Waals surface area contributed by atoms with E-state index >= 15 is 0 Å². The maximum absolute atomic E-state index is 10.8. The number of aromatic nitrogens is 1. The van der Waals surface area contributed by atoms with Gasteiger partial charge in [-0.25, -0.2) is 4.74 Å². The highest BCUT2D eigenvalue weighted by Crippen LogP contribution is 2.57. The molecule has 1 saturated heterocycles. The maximum atomic E-state index is 10.8. The molecule has 2 aliphatic heterocycles. The largest absolute Gasteiger partial charge is 0.508 e. The molecule has 1 saturated carbocycles. The number of fused-ring (bicyclic) bond motifs is 1. The van der Waals surface area contributed by atoms with Crippen molar-refractivity contribution in [1.82, 2.24) is 9.64 Å². The summed E-state index contributed by atoms with van der Waals surface area (Å²) >= 11 is 1.92. The van der Waals surface area contributed by atoms with Gasteiger partial charge in [-0.05, 0) is 86.1 Å². The summed E-state index contributed by atoms with van der Waals surface area (Å²) in [5, 5.41) is 10.8. The molecule has 2 bridgehead atoms. The number of phenolic OH excluding ortho intramolecular Hbond substituents is 1. The van der Waals surface area contributed by atoms with E-state index in [0.717, 1.165) is 35.8 Å². The maximum Gasteiger partial charge on any atom is 0.261 e. The Bertz CT molecular complexity index is 1400. The number of aryl methyl sites for hydroxylation is 1. The van der Waals surface area contributed by atoms with E-state index in [9.17, 15) is 13.5 Å². The molecule has 0 radical (unpaired) electrons. The molecule has 7 nitrogen and oxygen atoms in total. The fourth-order valence-corrected chi connectivity index (χ4v) is 8.22. The van der Waals surface area contributed by atoms with E-state index in [4.69, 9.17) is 9.08 Å². The molecule has 7 rings (SSSR count). The van der Waals surface area contributed by atoms with Gasteiger partial charge in [-0.3, -0.25) is 4.55 Å². The van der Waals surface area contributed by atoms with Gasteiger partial charge in [-0.2, -0.15) is 8.42 Å². The number of aromatic hydroxyl groups is 1. The van der Waals surface area contributed by atoms with Crippen LogP contribution in [0.1, 0.15) is 43.2 Å². The first-order valence-corrected chi connectivity index (χ1v) is 15.2. The third-order valence-corrected chi connectivity index (χ3v) is 9.64. The van der Waals surface area contributed by atoms with Gasteiger partial charge >= 0.3 is 0 Å². The zero-order valence-corrected chi connectivity index (χ0v) is 21.8. The Kier molecular flexibility index (Phi) is 5.56. The van der Waals surface area contributed by atoms with E-state index in [1.807, 2.05) is 22.6 Å². The first-order valence-electron chi connectivity index (χ1n) is 12.4. The molecule has 188 valence electrons. The number of likely N-dealkylation sites (tertiary alicyclic amines) is 1. The number of hydrogen-bond donors (Lipinski definition) is 2. The van der Waals surface area contributed by atoms with Crippen molar-refractivity contribution in [2.45, 2.75) is 61.4 Å². The molecule has 4 aliphatic rings. The minimum Gasteiger partial charge on any atom is -0.508 e. The molecule has 35 heavy (non-hydrogen) atoms. The molecule has 0 unspecified atom stereocenters. The first kappa shape index (κ1) is 23.5. The van der Waals surface area contributed by atoms with Gasteiger partial charge in [0.1, 0.15) is 11.3 Å². The molecule has 0 spiro atoms. The van der Waals surface area contributed by atoms with E-state index in [1.54, 1.807) is 0 Å². The number of piperidine rings is 1. The Morgan fingerprint density at radius 3 is 2.74 bits per heavy atom. The van der Waals surface area contributed by atoms with Gasteiger partial charge in [0.25, 0.3) is 10.1 Å². The average Bonchev–Trinajstić information content (AvgIpc) is 2.79. The molecule has 2 aliphatic carbocycles. The second kappa shape index (κ2) is 8.30. The highest BCUT2D eigenvalue weighted by atomic mass is 32.2. The SMILES string of the molecule is CN1CC[C@]23CCCC[C@H]2[C@H]1Cc1c(-c2ccc4c5c2on5CCS4)cc(O)cc13.CS(=O)(=O)O. The van der Waals surface area contributed by atoms with Crippen LogP contribution in [0.5, 0.6) is 5.75 Å². The summed E-state index contributed by atoms with van der Waals surface area (Å²) in [6.45, 7) is 2.12. The van der Waals surface area contributed by atoms with Crippen molar-refractivity contribution in [3.63, 3.8) is 0 Å². The van der Waals surface area contributed by atoms with Gasteiger partial charge in [0.15, 0.2) is 5.58 Å². The van der Waals surface area contributed by atoms with Crippen molar-refractivity contribution in [2.75, 3.05) is 25.6 Å². The van der Waals surface area contributed by atoms with E-state index < -0.39 is 10.1 Å². The van der Waals surface area contributed by atoms with Gasteiger partial charge in [-0.15, -0.1) is 11.8 Å². The molecule has 3 heterocycles. The lowest BCUT2D eigenvalue weighted by Crippen LogP contribution is -2.59. The summed E-state index contributed by atoms with van der Waals surface area (Å²) in [5.74, 6) is 2.21. The van der Waals surface area contributed by atoms with Crippen molar-refractivity contribution < 1.29 is 22.6 Å². The lowest BCUT2D eigenvalue weighted by atomic mass is 9.52. The van der Waals surface area contributed by atoms with Gasteiger partial charge in [-0.1, -0.05) is 12.8 Å². The third kappa shape index (κ3) is 3.82. The lowest BCUT2D eigenvalue weighted by molar-refractivity contribution is 0.00289. The van der Waals surface area contributed by atoms with E-state index in [2.05, 4.69) is 30.1 Å². The summed E-state index contributed by atoms with van der Waals surface area (Å²) in [6.07, 6.45) is 8.30. The molecule has 3 atom stereocenters. The fourth-order valence-electron chi connectivity index (χ4n) is 7.25. The monoisotopic (exact) mass is 516 g/mol. The Morgan fingerprint density at radius 2 is 1.94 bits per heavy atom. The number of thioether (sulfide) groups is 1. The van der Waals surface area contributed by atoms with Crippen molar-refractivity contribution in [3.05, 3.63) is 35.4 Å². The topological polar surface area (TPSA) is 95.9 Å². The van der Waals surface area contributed by atoms with Crippen molar-refractivity contribution in [2.24, 2.45) is 5.92 Å². The average molecular weight is 517 g/mol. The fraction of sp³-hybridized carbons (Fsp3) is 0.538. The van der Waals surface area contributed by atoms with Gasteiger partial charge in [0, 0.05) is 27.7 Å². The van der Waals surface area contributed by atoms with E-state index in [-0.39, 0.29) is 5.41 Å². The summed E-state index contributed by atoms with van der Waals surface area (Å²) < 4.78 is 34.0. The van der Waals surface area contributed by atoms with Crippen LogP contribution in [-0.2, 0) is 28.5 Å². The zero-order valence-electron chi connectivity index (χ0n) is 20.2. The second-order valence-corrected chi connectivity index (χ2v) is 13.2. The van der Waals surface area contributed by atoms with Crippen molar-refractivity contribution in [3.8, 4) is 16.9 Å². The van der Waals surface area contributed by atoms with Gasteiger partial charge in [0.2, 0.25) is 0 Å². The molecular formula is C26H32N2O5S2. The number of hydrogen-bond acceptors (Lipinski definition) is 6. The van der Waals surface area contributed by atoms with Crippen LogP contribution >= 0.6 is 11.8 Å².